The van der Waals surface area contributed by atoms with Crippen LogP contribution in [0.25, 0.3) is 0 Å². The highest BCUT2D eigenvalue weighted by atomic mass is 32.2. The molecular weight excluding hydrogens is 265 g/mol. The van der Waals surface area contributed by atoms with E-state index in [0.29, 0.717) is 12.5 Å². The van der Waals surface area contributed by atoms with E-state index in [4.69, 9.17) is 0 Å². The number of hydrogen-bond donors (Lipinski definition) is 1. The summed E-state index contributed by atoms with van der Waals surface area (Å²) in [5, 5.41) is 0. The molecule has 1 aromatic rings. The summed E-state index contributed by atoms with van der Waals surface area (Å²) in [7, 11) is -3.55. The van der Waals surface area contributed by atoms with Crippen molar-refractivity contribution in [2.45, 2.75) is 32.6 Å². The first kappa shape index (κ1) is 14.5. The lowest BCUT2D eigenvalue weighted by Crippen LogP contribution is -2.27. The fraction of sp³-hybridized carbons (Fsp3) is 0.571. The molecule has 1 aromatic carbocycles. The SMILES string of the molecule is CC1(C)C(CNS(=O)(=O)c2ccc(F)cc2)C1(C)C. The molecule has 106 valence electrons. The molecule has 0 heterocycles. The van der Waals surface area contributed by atoms with Crippen LogP contribution in [0.1, 0.15) is 27.7 Å². The van der Waals surface area contributed by atoms with Gasteiger partial charge in [-0.2, -0.15) is 0 Å². The van der Waals surface area contributed by atoms with Crippen LogP contribution in [0.15, 0.2) is 29.2 Å². The van der Waals surface area contributed by atoms with E-state index in [1.807, 2.05) is 0 Å². The molecule has 0 radical (unpaired) electrons. The maximum Gasteiger partial charge on any atom is 0.240 e. The molecule has 0 amide bonds. The molecule has 5 heteroatoms. The summed E-state index contributed by atoms with van der Waals surface area (Å²) in [6, 6.07) is 4.86. The molecule has 0 bridgehead atoms. The Labute approximate surface area is 114 Å². The molecule has 0 unspecified atom stereocenters. The Hall–Kier alpha value is -0.940. The van der Waals surface area contributed by atoms with E-state index in [1.54, 1.807) is 0 Å². The van der Waals surface area contributed by atoms with Crippen molar-refractivity contribution >= 4 is 10.0 Å². The van der Waals surface area contributed by atoms with Crippen molar-refractivity contribution in [2.75, 3.05) is 6.54 Å². The highest BCUT2D eigenvalue weighted by molar-refractivity contribution is 7.89. The molecule has 1 N–H and O–H groups in total. The van der Waals surface area contributed by atoms with E-state index in [-0.39, 0.29) is 15.7 Å². The third-order valence-electron chi connectivity index (χ3n) is 4.92. The average molecular weight is 285 g/mol. The van der Waals surface area contributed by atoms with Crippen LogP contribution < -0.4 is 4.72 Å². The molecule has 0 saturated heterocycles. The van der Waals surface area contributed by atoms with Gasteiger partial charge in [0.2, 0.25) is 10.0 Å². The van der Waals surface area contributed by atoms with Gasteiger partial charge in [0, 0.05) is 6.54 Å². The summed E-state index contributed by atoms with van der Waals surface area (Å²) in [4.78, 5) is 0.102. The number of nitrogens with one attached hydrogen (secondary N) is 1. The maximum absolute atomic E-state index is 12.8. The van der Waals surface area contributed by atoms with Crippen LogP contribution >= 0.6 is 0 Å². The van der Waals surface area contributed by atoms with Crippen molar-refractivity contribution in [3.05, 3.63) is 30.1 Å². The smallest absolute Gasteiger partial charge is 0.211 e. The molecule has 0 spiro atoms. The molecule has 19 heavy (non-hydrogen) atoms. The molecule has 1 aliphatic carbocycles. The second-order valence-corrected chi connectivity index (χ2v) is 8.07. The Kier molecular flexibility index (Phi) is 3.26. The Morgan fingerprint density at radius 1 is 1.11 bits per heavy atom. The predicted octanol–water partition coefficient (Wildman–Crippen LogP) is 2.79. The number of rotatable bonds is 4. The van der Waals surface area contributed by atoms with E-state index in [9.17, 15) is 12.8 Å². The molecule has 0 atom stereocenters. The van der Waals surface area contributed by atoms with Gasteiger partial charge in [0.05, 0.1) is 4.90 Å². The van der Waals surface area contributed by atoms with Gasteiger partial charge in [-0.25, -0.2) is 17.5 Å². The standard InChI is InChI=1S/C14H20FNO2S/c1-13(2)12(14(13,3)4)9-16-19(17,18)11-7-5-10(15)6-8-11/h5-8,12,16H,9H2,1-4H3. The lowest BCUT2D eigenvalue weighted by atomic mass is 10.0. The lowest BCUT2D eigenvalue weighted by molar-refractivity contribution is 0.457. The monoisotopic (exact) mass is 285 g/mol. The van der Waals surface area contributed by atoms with E-state index < -0.39 is 15.8 Å². The van der Waals surface area contributed by atoms with Crippen LogP contribution in [-0.4, -0.2) is 15.0 Å². The van der Waals surface area contributed by atoms with Gasteiger partial charge < -0.3 is 0 Å². The summed E-state index contributed by atoms with van der Waals surface area (Å²) in [6.07, 6.45) is 0. The topological polar surface area (TPSA) is 46.2 Å². The van der Waals surface area contributed by atoms with E-state index >= 15 is 0 Å². The highest BCUT2D eigenvalue weighted by Crippen LogP contribution is 2.67. The largest absolute Gasteiger partial charge is 0.240 e. The number of sulfonamides is 1. The zero-order valence-corrected chi connectivity index (χ0v) is 12.5. The van der Waals surface area contributed by atoms with Crippen molar-refractivity contribution in [1.82, 2.24) is 4.72 Å². The number of halogens is 1. The highest BCUT2D eigenvalue weighted by Gasteiger charge is 2.64. The molecule has 1 aliphatic rings. The first-order valence-electron chi connectivity index (χ1n) is 6.34. The van der Waals surface area contributed by atoms with Gasteiger partial charge in [-0.3, -0.25) is 0 Å². The van der Waals surface area contributed by atoms with Crippen LogP contribution in [0.3, 0.4) is 0 Å². The van der Waals surface area contributed by atoms with Crippen LogP contribution in [0.5, 0.6) is 0 Å². The van der Waals surface area contributed by atoms with Gasteiger partial charge in [0.25, 0.3) is 0 Å². The molecule has 0 aliphatic heterocycles. The van der Waals surface area contributed by atoms with Crippen LogP contribution in [0, 0.1) is 22.6 Å². The molecular formula is C14H20FNO2S. The van der Waals surface area contributed by atoms with Crippen molar-refractivity contribution in [3.63, 3.8) is 0 Å². The Bertz CT molecular complexity index is 562. The fourth-order valence-corrected chi connectivity index (χ4v) is 3.78. The molecule has 3 nitrogen and oxygen atoms in total. The third kappa shape index (κ3) is 2.41. The summed E-state index contributed by atoms with van der Waals surface area (Å²) in [6.45, 7) is 8.99. The normalized spacial score (nSPS) is 21.3. The molecule has 0 aromatic heterocycles. The lowest BCUT2D eigenvalue weighted by Gasteiger charge is -2.07. The Morgan fingerprint density at radius 2 is 1.58 bits per heavy atom. The minimum Gasteiger partial charge on any atom is -0.211 e. The quantitative estimate of drug-likeness (QED) is 0.924. The minimum absolute atomic E-state index is 0.102. The predicted molar refractivity (Wildman–Crippen MR) is 72.6 cm³/mol. The average Bonchev–Trinajstić information content (AvgIpc) is 2.67. The van der Waals surface area contributed by atoms with Gasteiger partial charge in [0.15, 0.2) is 0 Å². The van der Waals surface area contributed by atoms with Crippen molar-refractivity contribution in [3.8, 4) is 0 Å². The second kappa shape index (κ2) is 4.28. The zero-order chi connectivity index (χ0) is 14.5. The Balaban J connectivity index is 2.06. The van der Waals surface area contributed by atoms with Crippen molar-refractivity contribution in [1.29, 1.82) is 0 Å². The second-order valence-electron chi connectivity index (χ2n) is 6.30. The maximum atomic E-state index is 12.8. The first-order valence-corrected chi connectivity index (χ1v) is 7.82. The van der Waals surface area contributed by atoms with E-state index in [0.717, 1.165) is 12.1 Å². The summed E-state index contributed by atoms with van der Waals surface area (Å²) in [5.74, 6) is -0.126. The van der Waals surface area contributed by atoms with Gasteiger partial charge in [0.1, 0.15) is 5.82 Å². The van der Waals surface area contributed by atoms with Gasteiger partial charge in [-0.15, -0.1) is 0 Å². The van der Waals surface area contributed by atoms with Crippen molar-refractivity contribution < 1.29 is 12.8 Å². The fourth-order valence-electron chi connectivity index (χ4n) is 2.73. The third-order valence-corrected chi connectivity index (χ3v) is 6.36. The first-order chi connectivity index (χ1) is 8.59. The van der Waals surface area contributed by atoms with Gasteiger partial charge in [-0.05, 0) is 41.0 Å². The van der Waals surface area contributed by atoms with Gasteiger partial charge in [-0.1, -0.05) is 27.7 Å². The Morgan fingerprint density at radius 3 is 2.00 bits per heavy atom. The van der Waals surface area contributed by atoms with Crippen LogP contribution in [0.4, 0.5) is 4.39 Å². The number of hydrogen-bond acceptors (Lipinski definition) is 2. The van der Waals surface area contributed by atoms with Crippen molar-refractivity contribution in [2.24, 2.45) is 16.7 Å². The van der Waals surface area contributed by atoms with Crippen LogP contribution in [0.2, 0.25) is 0 Å². The summed E-state index contributed by atoms with van der Waals surface area (Å²) < 4.78 is 39.5. The molecule has 2 rings (SSSR count). The number of benzene rings is 1. The van der Waals surface area contributed by atoms with Crippen LogP contribution in [-0.2, 0) is 10.0 Å². The summed E-state index contributed by atoms with van der Waals surface area (Å²) >= 11 is 0. The summed E-state index contributed by atoms with van der Waals surface area (Å²) in [5.41, 5.74) is 0.274. The van der Waals surface area contributed by atoms with Gasteiger partial charge >= 0.3 is 0 Å². The van der Waals surface area contributed by atoms with E-state index in [1.165, 1.54) is 12.1 Å². The minimum atomic E-state index is -3.55. The molecule has 1 fully saturated rings. The molecule has 1 saturated carbocycles. The van der Waals surface area contributed by atoms with E-state index in [2.05, 4.69) is 32.4 Å². The zero-order valence-electron chi connectivity index (χ0n) is 11.7.